The van der Waals surface area contributed by atoms with Crippen LogP contribution < -0.4 is 15.7 Å². The number of nitrogen functional groups attached to an aromatic ring is 1. The van der Waals surface area contributed by atoms with Crippen LogP contribution in [-0.4, -0.2) is 16.2 Å². The van der Waals surface area contributed by atoms with Gasteiger partial charge >= 0.3 is 5.88 Å². The lowest BCUT2D eigenvalue weighted by atomic mass is 10.2. The van der Waals surface area contributed by atoms with E-state index < -0.39 is 0 Å². The molecule has 0 unspecified atom stereocenters. The van der Waals surface area contributed by atoms with Gasteiger partial charge in [-0.15, -0.1) is 11.3 Å². The van der Waals surface area contributed by atoms with E-state index in [1.807, 2.05) is 32.9 Å². The third-order valence-electron chi connectivity index (χ3n) is 3.19. The van der Waals surface area contributed by atoms with Crippen LogP contribution in [-0.2, 0) is 0 Å². The van der Waals surface area contributed by atoms with Crippen LogP contribution in [0.3, 0.4) is 0 Å². The van der Waals surface area contributed by atoms with Gasteiger partial charge in [-0.1, -0.05) is 0 Å². The van der Waals surface area contributed by atoms with Crippen molar-refractivity contribution in [1.29, 1.82) is 0 Å². The lowest BCUT2D eigenvalue weighted by Crippen LogP contribution is -2.36. The van der Waals surface area contributed by atoms with Gasteiger partial charge in [-0.25, -0.2) is 4.98 Å². The van der Waals surface area contributed by atoms with Crippen LogP contribution >= 0.6 is 11.3 Å². The SMILES string of the molecule is Cc1ccc2c(N)c(C(=O)Nc3c[n+](C(C)C)no3)sc2n1. The number of rotatable bonds is 3. The molecule has 3 aromatic heterocycles. The van der Waals surface area contributed by atoms with E-state index in [0.717, 1.165) is 15.9 Å². The minimum atomic E-state index is -0.329. The van der Waals surface area contributed by atoms with Crippen molar-refractivity contribution in [3.63, 3.8) is 0 Å². The summed E-state index contributed by atoms with van der Waals surface area (Å²) in [6.07, 6.45) is 1.63. The fourth-order valence-corrected chi connectivity index (χ4v) is 3.02. The number of hydrogen-bond acceptors (Lipinski definition) is 6. The predicted molar refractivity (Wildman–Crippen MR) is 83.8 cm³/mol. The minimum Gasteiger partial charge on any atom is -0.397 e. The molecule has 0 aliphatic heterocycles. The molecule has 3 heterocycles. The molecule has 3 rings (SSSR count). The second-order valence-corrected chi connectivity index (χ2v) is 6.24. The molecule has 0 aliphatic carbocycles. The Morgan fingerprint density at radius 3 is 2.91 bits per heavy atom. The van der Waals surface area contributed by atoms with Crippen LogP contribution in [0.1, 0.15) is 35.3 Å². The Balaban J connectivity index is 1.89. The summed E-state index contributed by atoms with van der Waals surface area (Å²) < 4.78 is 6.70. The average molecular weight is 318 g/mol. The Morgan fingerprint density at radius 2 is 2.23 bits per heavy atom. The standard InChI is InChI=1S/C14H15N5O2S/c1-7(2)19-6-10(21-18-19)17-13(20)12-11(15)9-5-4-8(3)16-14(9)22-12/h4-7H,1-3H3,(H2-,15,17,18,20)/p+1. The maximum absolute atomic E-state index is 12.4. The fraction of sp³-hybridized carbons (Fsp3) is 0.286. The third kappa shape index (κ3) is 2.52. The highest BCUT2D eigenvalue weighted by molar-refractivity contribution is 7.21. The molecule has 0 atom stereocenters. The van der Waals surface area contributed by atoms with Gasteiger partial charge in [-0.05, 0) is 37.6 Å². The van der Waals surface area contributed by atoms with Crippen molar-refractivity contribution in [3.8, 4) is 0 Å². The van der Waals surface area contributed by atoms with E-state index >= 15 is 0 Å². The second-order valence-electron chi connectivity index (χ2n) is 5.24. The number of aryl methyl sites for hydroxylation is 1. The number of nitrogens with one attached hydrogen (secondary N) is 1. The maximum Gasteiger partial charge on any atom is 0.302 e. The van der Waals surface area contributed by atoms with E-state index in [1.165, 1.54) is 11.3 Å². The van der Waals surface area contributed by atoms with Crippen LogP contribution in [0.5, 0.6) is 0 Å². The summed E-state index contributed by atoms with van der Waals surface area (Å²) in [6, 6.07) is 3.90. The number of pyridine rings is 1. The van der Waals surface area contributed by atoms with E-state index in [2.05, 4.69) is 15.6 Å². The van der Waals surface area contributed by atoms with Gasteiger partial charge in [0, 0.05) is 11.1 Å². The first kappa shape index (κ1) is 14.5. The van der Waals surface area contributed by atoms with E-state index in [4.69, 9.17) is 10.3 Å². The van der Waals surface area contributed by atoms with Gasteiger partial charge in [-0.3, -0.25) is 14.6 Å². The van der Waals surface area contributed by atoms with Crippen molar-refractivity contribution in [2.24, 2.45) is 0 Å². The first-order chi connectivity index (χ1) is 10.5. The molecule has 0 radical (unpaired) electrons. The zero-order chi connectivity index (χ0) is 15.9. The molecule has 3 N–H and O–H groups in total. The monoisotopic (exact) mass is 318 g/mol. The molecular formula is C14H16N5O2S+. The molecule has 7 nitrogen and oxygen atoms in total. The summed E-state index contributed by atoms with van der Waals surface area (Å²) >= 11 is 1.26. The Kier molecular flexibility index (Phi) is 3.53. The third-order valence-corrected chi connectivity index (χ3v) is 4.30. The summed E-state index contributed by atoms with van der Waals surface area (Å²) in [4.78, 5) is 17.9. The van der Waals surface area contributed by atoms with E-state index in [0.29, 0.717) is 10.6 Å². The number of nitrogens with zero attached hydrogens (tertiary/aromatic N) is 3. The van der Waals surface area contributed by atoms with E-state index in [1.54, 1.807) is 10.9 Å². The average Bonchev–Trinajstić information content (AvgIpc) is 3.04. The molecule has 3 aromatic rings. The number of thiophene rings is 1. The number of amides is 1. The van der Waals surface area contributed by atoms with Gasteiger partial charge in [0.1, 0.15) is 9.71 Å². The van der Waals surface area contributed by atoms with E-state index in [9.17, 15) is 4.79 Å². The highest BCUT2D eigenvalue weighted by Crippen LogP contribution is 2.32. The molecule has 1 amide bonds. The van der Waals surface area contributed by atoms with Crippen LogP contribution in [0.25, 0.3) is 10.2 Å². The molecule has 0 saturated heterocycles. The molecule has 8 heteroatoms. The maximum atomic E-state index is 12.4. The number of aromatic nitrogens is 3. The normalized spacial score (nSPS) is 11.3. The quantitative estimate of drug-likeness (QED) is 0.722. The highest BCUT2D eigenvalue weighted by atomic mass is 32.1. The number of anilines is 2. The molecule has 0 saturated carbocycles. The van der Waals surface area contributed by atoms with Crippen molar-refractivity contribution >= 4 is 39.0 Å². The number of carbonyl (C=O) groups is 1. The Bertz CT molecular complexity index is 852. The van der Waals surface area contributed by atoms with Gasteiger partial charge < -0.3 is 5.73 Å². The molecule has 0 aromatic carbocycles. The van der Waals surface area contributed by atoms with Gasteiger partial charge in [0.2, 0.25) is 5.27 Å². The Morgan fingerprint density at radius 1 is 1.45 bits per heavy atom. The van der Waals surface area contributed by atoms with Crippen LogP contribution in [0.2, 0.25) is 0 Å². The molecular weight excluding hydrogens is 302 g/mol. The molecule has 0 fully saturated rings. The van der Waals surface area contributed by atoms with Crippen LogP contribution in [0.15, 0.2) is 22.9 Å². The largest absolute Gasteiger partial charge is 0.397 e. The first-order valence-corrected chi connectivity index (χ1v) is 7.62. The zero-order valence-electron chi connectivity index (χ0n) is 12.5. The smallest absolute Gasteiger partial charge is 0.302 e. The summed E-state index contributed by atoms with van der Waals surface area (Å²) in [5.74, 6) is -0.0510. The molecule has 0 spiro atoms. The van der Waals surface area contributed by atoms with Crippen molar-refractivity contribution in [3.05, 3.63) is 28.9 Å². The van der Waals surface area contributed by atoms with E-state index in [-0.39, 0.29) is 17.8 Å². The molecule has 0 aliphatic rings. The van der Waals surface area contributed by atoms with Crippen molar-refractivity contribution in [2.75, 3.05) is 11.1 Å². The van der Waals surface area contributed by atoms with Crippen molar-refractivity contribution in [2.45, 2.75) is 26.8 Å². The first-order valence-electron chi connectivity index (χ1n) is 6.81. The van der Waals surface area contributed by atoms with Gasteiger partial charge in [0.25, 0.3) is 12.1 Å². The van der Waals surface area contributed by atoms with Crippen molar-refractivity contribution < 1.29 is 14.0 Å². The highest BCUT2D eigenvalue weighted by Gasteiger charge is 2.21. The minimum absolute atomic E-state index is 0.149. The zero-order valence-corrected chi connectivity index (χ0v) is 13.3. The van der Waals surface area contributed by atoms with Crippen LogP contribution in [0, 0.1) is 6.92 Å². The second kappa shape index (κ2) is 5.38. The number of nitrogens with two attached hydrogens (primary N) is 1. The lowest BCUT2D eigenvalue weighted by Gasteiger charge is -1.97. The topological polar surface area (TPSA) is 97.9 Å². The predicted octanol–water partition coefficient (Wildman–Crippen LogP) is 2.30. The molecule has 114 valence electrons. The van der Waals surface area contributed by atoms with Crippen LogP contribution in [0.4, 0.5) is 11.6 Å². The summed E-state index contributed by atoms with van der Waals surface area (Å²) in [5, 5.41) is 7.28. The molecule has 0 bridgehead atoms. The Hall–Kier alpha value is -2.48. The van der Waals surface area contributed by atoms with Gasteiger partial charge in [-0.2, -0.15) is 0 Å². The lowest BCUT2D eigenvalue weighted by molar-refractivity contribution is -0.779. The van der Waals surface area contributed by atoms with Gasteiger partial charge in [0.15, 0.2) is 6.04 Å². The summed E-state index contributed by atoms with van der Waals surface area (Å²) in [6.45, 7) is 5.83. The van der Waals surface area contributed by atoms with Crippen molar-refractivity contribution in [1.82, 2.24) is 10.3 Å². The van der Waals surface area contributed by atoms with Gasteiger partial charge in [0.05, 0.1) is 5.69 Å². The number of hydrogen-bond donors (Lipinski definition) is 2. The fourth-order valence-electron chi connectivity index (χ4n) is 1.98. The summed E-state index contributed by atoms with van der Waals surface area (Å²) in [7, 11) is 0. The summed E-state index contributed by atoms with van der Waals surface area (Å²) in [5.41, 5.74) is 7.37. The Labute approximate surface area is 130 Å². The number of fused-ring (bicyclic) bond motifs is 1. The number of carbonyl (C=O) groups excluding carboxylic acids is 1. The molecule has 22 heavy (non-hydrogen) atoms.